The third-order valence-electron chi connectivity index (χ3n) is 2.58. The van der Waals surface area contributed by atoms with Gasteiger partial charge in [-0.1, -0.05) is 0 Å². The molecule has 0 saturated carbocycles. The van der Waals surface area contributed by atoms with Crippen molar-refractivity contribution >= 4 is 23.5 Å². The van der Waals surface area contributed by atoms with E-state index in [0.29, 0.717) is 25.3 Å². The van der Waals surface area contributed by atoms with Crippen molar-refractivity contribution in [3.63, 3.8) is 0 Å². The Labute approximate surface area is 94.5 Å². The molecule has 0 spiro atoms. The molecule has 5 heteroatoms. The van der Waals surface area contributed by atoms with Crippen LogP contribution in [0.3, 0.4) is 0 Å². The minimum atomic E-state index is -0.377. The Morgan fingerprint density at radius 1 is 1.60 bits per heavy atom. The van der Waals surface area contributed by atoms with Gasteiger partial charge in [-0.25, -0.2) is 4.79 Å². The first-order chi connectivity index (χ1) is 7.20. The number of methoxy groups -OCH3 is 1. The number of amides is 1. The maximum atomic E-state index is 11.5. The number of unbranched alkanes of at least 4 members (excludes halogenated alkanes) is 1. The lowest BCUT2D eigenvalue weighted by atomic mass is 10.2. The summed E-state index contributed by atoms with van der Waals surface area (Å²) in [6, 6.07) is -0.377. The van der Waals surface area contributed by atoms with Crippen LogP contribution >= 0.6 is 11.6 Å². The van der Waals surface area contributed by atoms with E-state index >= 15 is 0 Å². The molecule has 0 radical (unpaired) electrons. The van der Waals surface area contributed by atoms with E-state index in [1.54, 1.807) is 4.90 Å². The Balaban J connectivity index is 2.49. The van der Waals surface area contributed by atoms with Crippen LogP contribution in [0.5, 0.6) is 0 Å². The minimum Gasteiger partial charge on any atom is -0.467 e. The summed E-state index contributed by atoms with van der Waals surface area (Å²) in [4.78, 5) is 24.5. The summed E-state index contributed by atoms with van der Waals surface area (Å²) < 4.78 is 4.66. The van der Waals surface area contributed by atoms with Crippen molar-refractivity contribution in [1.29, 1.82) is 0 Å². The summed E-state index contributed by atoms with van der Waals surface area (Å²) in [7, 11) is 1.35. The molecule has 1 amide bonds. The zero-order chi connectivity index (χ0) is 11.3. The summed E-state index contributed by atoms with van der Waals surface area (Å²) in [6.07, 6.45) is 2.72. The number of nitrogens with zero attached hydrogens (tertiary/aromatic N) is 1. The monoisotopic (exact) mass is 233 g/mol. The molecule has 0 unspecified atom stereocenters. The van der Waals surface area contributed by atoms with E-state index in [4.69, 9.17) is 11.6 Å². The number of halogens is 1. The summed E-state index contributed by atoms with van der Waals surface area (Å²) in [5.74, 6) is 0.317. The van der Waals surface area contributed by atoms with Gasteiger partial charge in [0.05, 0.1) is 7.11 Å². The molecule has 0 aromatic carbocycles. The van der Waals surface area contributed by atoms with E-state index in [-0.39, 0.29) is 17.9 Å². The Kier molecular flexibility index (Phi) is 4.88. The quantitative estimate of drug-likeness (QED) is 0.407. The summed E-state index contributed by atoms with van der Waals surface area (Å²) >= 11 is 5.55. The Bertz CT molecular complexity index is 245. The Morgan fingerprint density at radius 2 is 2.33 bits per heavy atom. The van der Waals surface area contributed by atoms with Gasteiger partial charge < -0.3 is 9.64 Å². The number of ether oxygens (including phenoxy) is 1. The number of hydrogen-bond donors (Lipinski definition) is 0. The SMILES string of the molecule is COC(=O)[C@H]1CCC(=O)N1CCCCCl. The van der Waals surface area contributed by atoms with Crippen LogP contribution < -0.4 is 0 Å². The zero-order valence-electron chi connectivity index (χ0n) is 8.87. The molecule has 0 bridgehead atoms. The molecule has 0 aliphatic carbocycles. The van der Waals surface area contributed by atoms with Crippen molar-refractivity contribution in [1.82, 2.24) is 4.90 Å². The number of hydrogen-bond acceptors (Lipinski definition) is 3. The molecular formula is C10H16ClNO3. The predicted octanol–water partition coefficient (Wildman–Crippen LogP) is 1.17. The summed E-state index contributed by atoms with van der Waals surface area (Å²) in [5.41, 5.74) is 0. The largest absolute Gasteiger partial charge is 0.467 e. The van der Waals surface area contributed by atoms with Gasteiger partial charge in [0.25, 0.3) is 0 Å². The van der Waals surface area contributed by atoms with E-state index in [2.05, 4.69) is 4.74 Å². The zero-order valence-corrected chi connectivity index (χ0v) is 9.63. The fourth-order valence-corrected chi connectivity index (χ4v) is 1.96. The second kappa shape index (κ2) is 5.95. The van der Waals surface area contributed by atoms with E-state index < -0.39 is 0 Å². The molecule has 1 rings (SSSR count). The highest BCUT2D eigenvalue weighted by Gasteiger charge is 2.36. The van der Waals surface area contributed by atoms with Crippen molar-refractivity contribution in [2.75, 3.05) is 19.5 Å². The molecule has 1 aliphatic heterocycles. The number of carbonyl (C=O) groups is 2. The first-order valence-electron chi connectivity index (χ1n) is 5.14. The molecular weight excluding hydrogens is 218 g/mol. The van der Waals surface area contributed by atoms with Crippen LogP contribution in [0.2, 0.25) is 0 Å². The van der Waals surface area contributed by atoms with E-state index in [9.17, 15) is 9.59 Å². The van der Waals surface area contributed by atoms with Gasteiger partial charge in [-0.05, 0) is 19.3 Å². The van der Waals surface area contributed by atoms with Crippen LogP contribution in [-0.2, 0) is 14.3 Å². The van der Waals surface area contributed by atoms with Crippen LogP contribution in [0.15, 0.2) is 0 Å². The second-order valence-corrected chi connectivity index (χ2v) is 3.94. The third kappa shape index (κ3) is 3.09. The lowest BCUT2D eigenvalue weighted by Crippen LogP contribution is -2.39. The van der Waals surface area contributed by atoms with Crippen molar-refractivity contribution < 1.29 is 14.3 Å². The van der Waals surface area contributed by atoms with Gasteiger partial charge in [0.15, 0.2) is 0 Å². The number of alkyl halides is 1. The van der Waals surface area contributed by atoms with E-state index in [1.165, 1.54) is 7.11 Å². The van der Waals surface area contributed by atoms with Crippen LogP contribution in [0.1, 0.15) is 25.7 Å². The highest BCUT2D eigenvalue weighted by Crippen LogP contribution is 2.20. The fourth-order valence-electron chi connectivity index (χ4n) is 1.77. The topological polar surface area (TPSA) is 46.6 Å². The molecule has 1 heterocycles. The van der Waals surface area contributed by atoms with Gasteiger partial charge in [0.2, 0.25) is 5.91 Å². The average molecular weight is 234 g/mol. The summed E-state index contributed by atoms with van der Waals surface area (Å²) in [5, 5.41) is 0. The van der Waals surface area contributed by atoms with Crippen LogP contribution in [0.4, 0.5) is 0 Å². The Morgan fingerprint density at radius 3 is 2.93 bits per heavy atom. The average Bonchev–Trinajstić information content (AvgIpc) is 2.60. The molecule has 4 nitrogen and oxygen atoms in total. The van der Waals surface area contributed by atoms with Crippen molar-refractivity contribution in [3.05, 3.63) is 0 Å². The molecule has 86 valence electrons. The predicted molar refractivity (Wildman–Crippen MR) is 56.7 cm³/mol. The number of esters is 1. The van der Waals surface area contributed by atoms with E-state index in [1.807, 2.05) is 0 Å². The fraction of sp³-hybridized carbons (Fsp3) is 0.800. The van der Waals surface area contributed by atoms with Crippen LogP contribution in [0, 0.1) is 0 Å². The molecule has 1 saturated heterocycles. The normalized spacial score (nSPS) is 20.8. The molecule has 1 fully saturated rings. The van der Waals surface area contributed by atoms with Crippen molar-refractivity contribution in [2.45, 2.75) is 31.7 Å². The second-order valence-electron chi connectivity index (χ2n) is 3.56. The van der Waals surface area contributed by atoms with Crippen molar-refractivity contribution in [3.8, 4) is 0 Å². The van der Waals surface area contributed by atoms with Gasteiger partial charge in [-0.2, -0.15) is 0 Å². The van der Waals surface area contributed by atoms with E-state index in [0.717, 1.165) is 12.8 Å². The number of rotatable bonds is 5. The highest BCUT2D eigenvalue weighted by atomic mass is 35.5. The van der Waals surface area contributed by atoms with Crippen LogP contribution in [0.25, 0.3) is 0 Å². The third-order valence-corrected chi connectivity index (χ3v) is 2.85. The maximum Gasteiger partial charge on any atom is 0.328 e. The Hall–Kier alpha value is -0.770. The molecule has 0 aromatic rings. The van der Waals surface area contributed by atoms with Gasteiger partial charge in [0, 0.05) is 18.8 Å². The van der Waals surface area contributed by atoms with Gasteiger partial charge in [-0.3, -0.25) is 4.79 Å². The highest BCUT2D eigenvalue weighted by molar-refractivity contribution is 6.17. The minimum absolute atomic E-state index is 0.0416. The lowest BCUT2D eigenvalue weighted by molar-refractivity contribution is -0.149. The molecule has 1 aliphatic rings. The van der Waals surface area contributed by atoms with Crippen LogP contribution in [-0.4, -0.2) is 42.4 Å². The number of carbonyl (C=O) groups excluding carboxylic acids is 2. The van der Waals surface area contributed by atoms with Gasteiger partial charge >= 0.3 is 5.97 Å². The summed E-state index contributed by atoms with van der Waals surface area (Å²) in [6.45, 7) is 0.602. The smallest absolute Gasteiger partial charge is 0.328 e. The molecule has 1 atom stereocenters. The molecule has 0 aromatic heterocycles. The van der Waals surface area contributed by atoms with Gasteiger partial charge in [0.1, 0.15) is 6.04 Å². The molecule has 15 heavy (non-hydrogen) atoms. The maximum absolute atomic E-state index is 11.5. The van der Waals surface area contributed by atoms with Gasteiger partial charge in [-0.15, -0.1) is 11.6 Å². The first kappa shape index (κ1) is 12.3. The number of likely N-dealkylation sites (tertiary alicyclic amines) is 1. The standard InChI is InChI=1S/C10H16ClNO3/c1-15-10(14)8-4-5-9(13)12(8)7-3-2-6-11/h8H,2-7H2,1H3/t8-/m1/s1. The first-order valence-corrected chi connectivity index (χ1v) is 5.67. The van der Waals surface area contributed by atoms with Crippen molar-refractivity contribution in [2.24, 2.45) is 0 Å². The molecule has 0 N–H and O–H groups in total. The lowest BCUT2D eigenvalue weighted by Gasteiger charge is -2.22.